The van der Waals surface area contributed by atoms with Gasteiger partial charge in [-0.2, -0.15) is 5.26 Å². The minimum atomic E-state index is -0.523. The lowest BCUT2D eigenvalue weighted by Gasteiger charge is -2.32. The maximum absolute atomic E-state index is 13.7. The lowest BCUT2D eigenvalue weighted by atomic mass is 9.86. The third kappa shape index (κ3) is 5.80. The van der Waals surface area contributed by atoms with E-state index in [-0.39, 0.29) is 17.9 Å². The van der Waals surface area contributed by atoms with Crippen LogP contribution in [0.2, 0.25) is 0 Å². The van der Waals surface area contributed by atoms with E-state index in [1.165, 1.54) is 12.1 Å². The molecule has 0 aromatic heterocycles. The summed E-state index contributed by atoms with van der Waals surface area (Å²) in [6, 6.07) is 13.2. The molecule has 172 valence electrons. The van der Waals surface area contributed by atoms with Gasteiger partial charge in [-0.1, -0.05) is 18.2 Å². The predicted molar refractivity (Wildman–Crippen MR) is 122 cm³/mol. The number of amides is 3. The van der Waals surface area contributed by atoms with Crippen molar-refractivity contribution in [3.8, 4) is 6.07 Å². The molecule has 0 saturated heterocycles. The average Bonchev–Trinajstić information content (AvgIpc) is 2.81. The number of carbonyl (C=O) groups is 2. The highest BCUT2D eigenvalue weighted by atomic mass is 19.1. The topological polar surface area (TPSA) is 94.5 Å². The monoisotopic (exact) mass is 450 g/mol. The van der Waals surface area contributed by atoms with E-state index in [9.17, 15) is 14.0 Å². The fourth-order valence-electron chi connectivity index (χ4n) is 4.43. The molecule has 0 atom stereocenters. The summed E-state index contributed by atoms with van der Waals surface area (Å²) in [5, 5.41) is 14.1. The smallest absolute Gasteiger partial charge is 0.410 e. The van der Waals surface area contributed by atoms with E-state index in [1.54, 1.807) is 23.1 Å². The second-order valence-electron chi connectivity index (χ2n) is 8.60. The van der Waals surface area contributed by atoms with E-state index in [0.717, 1.165) is 36.8 Å². The highest BCUT2D eigenvalue weighted by Crippen LogP contribution is 2.29. The van der Waals surface area contributed by atoms with E-state index in [2.05, 4.69) is 16.7 Å². The van der Waals surface area contributed by atoms with Crippen LogP contribution in [0.5, 0.6) is 0 Å². The molecule has 2 aromatic carbocycles. The van der Waals surface area contributed by atoms with Gasteiger partial charge in [-0.05, 0) is 73.4 Å². The number of fused-ring (bicyclic) bond motifs is 1. The van der Waals surface area contributed by atoms with Crippen LogP contribution in [0.25, 0.3) is 0 Å². The average molecular weight is 451 g/mol. The Balaban J connectivity index is 1.29. The van der Waals surface area contributed by atoms with Crippen molar-refractivity contribution in [2.75, 3.05) is 17.2 Å². The van der Waals surface area contributed by atoms with E-state index < -0.39 is 11.8 Å². The first kappa shape index (κ1) is 22.6. The molecule has 2 aromatic rings. The van der Waals surface area contributed by atoms with Crippen LogP contribution in [-0.4, -0.2) is 29.7 Å². The van der Waals surface area contributed by atoms with E-state index in [1.807, 2.05) is 12.1 Å². The molecule has 7 nitrogen and oxygen atoms in total. The number of hydrogen-bond acceptors (Lipinski definition) is 4. The molecule has 33 heavy (non-hydrogen) atoms. The molecule has 1 aliphatic carbocycles. The number of ether oxygens (including phenoxy) is 1. The standard InChI is InChI=1S/C25H27FN4O3/c26-22-3-1-2-4-23(22)29-24(31)28-20-8-7-19-16-30(14-12-18(19)15-20)25(32)33-21-9-5-17(6-10-21)11-13-27/h1-4,7-8,15,17,21H,5-6,9-12,14,16H2,(H2,28,29,31). The Morgan fingerprint density at radius 3 is 2.64 bits per heavy atom. The first-order valence-electron chi connectivity index (χ1n) is 11.3. The molecule has 0 bridgehead atoms. The van der Waals surface area contributed by atoms with Crippen molar-refractivity contribution in [1.82, 2.24) is 4.90 Å². The van der Waals surface area contributed by atoms with Crippen LogP contribution in [0.3, 0.4) is 0 Å². The number of para-hydroxylation sites is 1. The lowest BCUT2D eigenvalue weighted by Crippen LogP contribution is -2.39. The molecule has 0 unspecified atom stereocenters. The van der Waals surface area contributed by atoms with E-state index >= 15 is 0 Å². The Bertz CT molecular complexity index is 1060. The summed E-state index contributed by atoms with van der Waals surface area (Å²) in [5.74, 6) is -0.0799. The molecule has 2 N–H and O–H groups in total. The number of hydrogen-bond donors (Lipinski definition) is 2. The van der Waals surface area contributed by atoms with E-state index in [4.69, 9.17) is 10.00 Å². The summed E-state index contributed by atoms with van der Waals surface area (Å²) < 4.78 is 19.4. The summed E-state index contributed by atoms with van der Waals surface area (Å²) in [5.41, 5.74) is 2.78. The molecule has 8 heteroatoms. The molecule has 1 aliphatic heterocycles. The number of carbonyl (C=O) groups excluding carboxylic acids is 2. The number of halogens is 1. The first-order valence-corrected chi connectivity index (χ1v) is 11.3. The summed E-state index contributed by atoms with van der Waals surface area (Å²) in [7, 11) is 0. The molecule has 4 rings (SSSR count). The van der Waals surface area contributed by atoms with Gasteiger partial charge < -0.3 is 20.3 Å². The van der Waals surface area contributed by atoms with Gasteiger partial charge in [0.2, 0.25) is 0 Å². The second kappa shape index (κ2) is 10.3. The summed E-state index contributed by atoms with van der Waals surface area (Å²) in [4.78, 5) is 26.6. The number of anilines is 2. The molecule has 3 amide bonds. The highest BCUT2D eigenvalue weighted by molar-refractivity contribution is 5.99. The van der Waals surface area contributed by atoms with Crippen LogP contribution >= 0.6 is 0 Å². The number of nitrogens with one attached hydrogen (secondary N) is 2. The van der Waals surface area contributed by atoms with Crippen molar-refractivity contribution >= 4 is 23.5 Å². The molecule has 1 saturated carbocycles. The van der Waals surface area contributed by atoms with Crippen LogP contribution < -0.4 is 10.6 Å². The Hall–Kier alpha value is -3.60. The van der Waals surface area contributed by atoms with Gasteiger partial charge in [0.1, 0.15) is 11.9 Å². The molecule has 0 spiro atoms. The number of rotatable bonds is 4. The van der Waals surface area contributed by atoms with Gasteiger partial charge in [-0.15, -0.1) is 0 Å². The van der Waals surface area contributed by atoms with Crippen molar-refractivity contribution in [1.29, 1.82) is 5.26 Å². The fraction of sp³-hybridized carbons (Fsp3) is 0.400. The summed E-state index contributed by atoms with van der Waals surface area (Å²) >= 11 is 0. The fourth-order valence-corrected chi connectivity index (χ4v) is 4.43. The predicted octanol–water partition coefficient (Wildman–Crippen LogP) is 5.44. The summed E-state index contributed by atoms with van der Waals surface area (Å²) in [6.45, 7) is 1.00. The van der Waals surface area contributed by atoms with Crippen molar-refractivity contribution in [3.05, 3.63) is 59.4 Å². The van der Waals surface area contributed by atoms with Crippen LogP contribution in [0.1, 0.15) is 43.2 Å². The van der Waals surface area contributed by atoms with Crippen LogP contribution in [0, 0.1) is 23.1 Å². The van der Waals surface area contributed by atoms with Crippen LogP contribution in [0.4, 0.5) is 25.4 Å². The van der Waals surface area contributed by atoms with Crippen LogP contribution in [0.15, 0.2) is 42.5 Å². The zero-order chi connectivity index (χ0) is 23.2. The summed E-state index contributed by atoms with van der Waals surface area (Å²) in [6.07, 6.45) is 4.33. The molecule has 0 radical (unpaired) electrons. The molecular formula is C25H27FN4O3. The number of urea groups is 1. The van der Waals surface area contributed by atoms with Crippen molar-refractivity contribution in [3.63, 3.8) is 0 Å². The first-order chi connectivity index (χ1) is 16.0. The zero-order valence-corrected chi connectivity index (χ0v) is 18.4. The van der Waals surface area contributed by atoms with Gasteiger partial charge in [0, 0.05) is 25.2 Å². The third-order valence-electron chi connectivity index (χ3n) is 6.30. The Morgan fingerprint density at radius 1 is 1.09 bits per heavy atom. The Labute approximate surface area is 192 Å². The van der Waals surface area contributed by atoms with Gasteiger partial charge in [0.15, 0.2) is 0 Å². The number of nitriles is 1. The van der Waals surface area contributed by atoms with Gasteiger partial charge >= 0.3 is 12.1 Å². The van der Waals surface area contributed by atoms with Crippen molar-refractivity contribution < 1.29 is 18.7 Å². The minimum Gasteiger partial charge on any atom is -0.446 e. The zero-order valence-electron chi connectivity index (χ0n) is 18.4. The molecular weight excluding hydrogens is 423 g/mol. The largest absolute Gasteiger partial charge is 0.446 e. The van der Waals surface area contributed by atoms with Gasteiger partial charge in [0.05, 0.1) is 11.8 Å². The quantitative estimate of drug-likeness (QED) is 0.649. The Kier molecular flexibility index (Phi) is 7.08. The molecule has 1 fully saturated rings. The SMILES string of the molecule is N#CCC1CCC(OC(=O)N2CCc3cc(NC(=O)Nc4ccccc4F)ccc3C2)CC1. The van der Waals surface area contributed by atoms with Gasteiger partial charge in [-0.3, -0.25) is 0 Å². The van der Waals surface area contributed by atoms with Crippen molar-refractivity contribution in [2.24, 2.45) is 5.92 Å². The van der Waals surface area contributed by atoms with Gasteiger partial charge in [-0.25, -0.2) is 14.0 Å². The number of benzene rings is 2. The van der Waals surface area contributed by atoms with Gasteiger partial charge in [0.25, 0.3) is 0 Å². The maximum Gasteiger partial charge on any atom is 0.410 e. The minimum absolute atomic E-state index is 0.0756. The van der Waals surface area contributed by atoms with Crippen molar-refractivity contribution in [2.45, 2.75) is 51.2 Å². The highest BCUT2D eigenvalue weighted by Gasteiger charge is 2.28. The normalized spacial score (nSPS) is 19.7. The second-order valence-corrected chi connectivity index (χ2v) is 8.60. The molecule has 2 aliphatic rings. The number of nitrogens with zero attached hydrogens (tertiary/aromatic N) is 2. The lowest BCUT2D eigenvalue weighted by molar-refractivity contribution is 0.0355. The van der Waals surface area contributed by atoms with Crippen LogP contribution in [-0.2, 0) is 17.7 Å². The molecule has 1 heterocycles. The maximum atomic E-state index is 13.7. The third-order valence-corrected chi connectivity index (χ3v) is 6.30. The van der Waals surface area contributed by atoms with E-state index in [0.29, 0.717) is 37.5 Å². The Morgan fingerprint density at radius 2 is 1.88 bits per heavy atom.